The molecule has 0 atom stereocenters. The molecule has 0 spiro atoms. The number of carbonyl (C=O) groups is 2. The van der Waals surface area contributed by atoms with Gasteiger partial charge in [0.2, 0.25) is 0 Å². The van der Waals surface area contributed by atoms with Crippen LogP contribution in [0.3, 0.4) is 0 Å². The Morgan fingerprint density at radius 1 is 1.26 bits per heavy atom. The summed E-state index contributed by atoms with van der Waals surface area (Å²) in [4.78, 5) is 24.4. The molecule has 2 rings (SSSR count). The van der Waals surface area contributed by atoms with Gasteiger partial charge in [-0.1, -0.05) is 50.9 Å². The van der Waals surface area contributed by atoms with Crippen LogP contribution in [0.4, 0.5) is 5.69 Å². The van der Waals surface area contributed by atoms with Gasteiger partial charge in [-0.15, -0.1) is 0 Å². The molecule has 7 heteroatoms. The van der Waals surface area contributed by atoms with Crippen molar-refractivity contribution in [3.05, 3.63) is 46.2 Å². The van der Waals surface area contributed by atoms with E-state index < -0.39 is 11.9 Å². The molecule has 146 valence electrons. The van der Waals surface area contributed by atoms with E-state index in [9.17, 15) is 9.59 Å². The first kappa shape index (κ1) is 21.0. The van der Waals surface area contributed by atoms with E-state index in [1.54, 1.807) is 11.6 Å². The number of unbranched alkanes of at least 4 members (excludes halogenated alkanes) is 1. The maximum atomic E-state index is 12.3. The quantitative estimate of drug-likeness (QED) is 0.669. The molecular weight excluding hydrogens is 366 g/mol. The van der Waals surface area contributed by atoms with Gasteiger partial charge in [-0.2, -0.15) is 5.10 Å². The van der Waals surface area contributed by atoms with Gasteiger partial charge in [0.25, 0.3) is 5.91 Å². The normalized spacial score (nSPS) is 10.9. The van der Waals surface area contributed by atoms with Crippen molar-refractivity contribution in [2.75, 3.05) is 11.9 Å². The van der Waals surface area contributed by atoms with Crippen LogP contribution >= 0.6 is 11.6 Å². The first-order valence-electron chi connectivity index (χ1n) is 9.13. The second kappa shape index (κ2) is 9.55. The van der Waals surface area contributed by atoms with E-state index in [4.69, 9.17) is 16.3 Å². The molecule has 0 fully saturated rings. The number of ether oxygens (including phenoxy) is 1. The van der Waals surface area contributed by atoms with E-state index in [0.717, 1.165) is 12.8 Å². The van der Waals surface area contributed by atoms with Crippen LogP contribution in [0.5, 0.6) is 0 Å². The number of nitrogens with one attached hydrogen (secondary N) is 1. The summed E-state index contributed by atoms with van der Waals surface area (Å²) < 4.78 is 6.71. The Hall–Kier alpha value is -2.34. The monoisotopic (exact) mass is 391 g/mol. The minimum atomic E-state index is -0.648. The molecule has 0 aliphatic carbocycles. The molecule has 1 aromatic heterocycles. The van der Waals surface area contributed by atoms with Crippen LogP contribution < -0.4 is 5.32 Å². The topological polar surface area (TPSA) is 73.2 Å². The molecule has 6 nitrogen and oxygen atoms in total. The van der Waals surface area contributed by atoms with Crippen molar-refractivity contribution in [2.45, 2.75) is 53.0 Å². The number of rotatable bonds is 8. The van der Waals surface area contributed by atoms with E-state index in [0.29, 0.717) is 23.8 Å². The van der Waals surface area contributed by atoms with Crippen LogP contribution in [0.15, 0.2) is 24.3 Å². The third-order valence-electron chi connectivity index (χ3n) is 4.19. The number of benzene rings is 1. The van der Waals surface area contributed by atoms with Gasteiger partial charge >= 0.3 is 5.97 Å². The van der Waals surface area contributed by atoms with Gasteiger partial charge in [0.05, 0.1) is 5.69 Å². The first-order chi connectivity index (χ1) is 12.8. The van der Waals surface area contributed by atoms with Crippen molar-refractivity contribution in [3.63, 3.8) is 0 Å². The lowest BCUT2D eigenvalue weighted by molar-refractivity contribution is -0.119. The number of nitrogens with zero attached hydrogens (tertiary/aromatic N) is 2. The van der Waals surface area contributed by atoms with E-state index in [-0.39, 0.29) is 17.3 Å². The van der Waals surface area contributed by atoms with Crippen LogP contribution in [-0.2, 0) is 16.1 Å². The van der Waals surface area contributed by atoms with Crippen LogP contribution in [0.1, 0.15) is 61.1 Å². The minimum absolute atomic E-state index is 0.210. The summed E-state index contributed by atoms with van der Waals surface area (Å²) in [5.41, 5.74) is 2.54. The maximum Gasteiger partial charge on any atom is 0.343 e. The Morgan fingerprint density at radius 2 is 1.93 bits per heavy atom. The number of esters is 1. The van der Waals surface area contributed by atoms with Crippen molar-refractivity contribution in [1.82, 2.24) is 9.78 Å². The average molecular weight is 392 g/mol. The van der Waals surface area contributed by atoms with E-state index in [1.807, 2.05) is 24.3 Å². The number of aromatic nitrogens is 2. The Balaban J connectivity index is 1.93. The first-order valence-corrected chi connectivity index (χ1v) is 9.51. The molecule has 0 radical (unpaired) electrons. The van der Waals surface area contributed by atoms with Crippen molar-refractivity contribution in [3.8, 4) is 0 Å². The molecule has 27 heavy (non-hydrogen) atoms. The predicted molar refractivity (Wildman–Crippen MR) is 106 cm³/mol. The number of halogens is 1. The minimum Gasteiger partial charge on any atom is -0.452 e. The van der Waals surface area contributed by atoms with Gasteiger partial charge in [-0.25, -0.2) is 4.79 Å². The van der Waals surface area contributed by atoms with Crippen molar-refractivity contribution < 1.29 is 14.3 Å². The molecule has 0 bridgehead atoms. The lowest BCUT2D eigenvalue weighted by atomic mass is 10.0. The van der Waals surface area contributed by atoms with Gasteiger partial charge in [0.1, 0.15) is 10.7 Å². The smallest absolute Gasteiger partial charge is 0.343 e. The second-order valence-corrected chi connectivity index (χ2v) is 7.09. The highest BCUT2D eigenvalue weighted by molar-refractivity contribution is 6.32. The van der Waals surface area contributed by atoms with Crippen molar-refractivity contribution in [1.29, 1.82) is 0 Å². The van der Waals surface area contributed by atoms with Gasteiger partial charge in [0.15, 0.2) is 6.61 Å². The lowest BCUT2D eigenvalue weighted by Gasteiger charge is -2.09. The zero-order chi connectivity index (χ0) is 20.0. The zero-order valence-electron chi connectivity index (χ0n) is 16.2. The highest BCUT2D eigenvalue weighted by atomic mass is 35.5. The molecule has 2 aromatic rings. The molecular formula is C20H26ClN3O3. The maximum absolute atomic E-state index is 12.3. The Labute approximate surface area is 164 Å². The Kier molecular flexibility index (Phi) is 7.42. The van der Waals surface area contributed by atoms with E-state index >= 15 is 0 Å². The lowest BCUT2D eigenvalue weighted by Crippen LogP contribution is -2.21. The summed E-state index contributed by atoms with van der Waals surface area (Å²) in [6.45, 7) is 8.21. The van der Waals surface area contributed by atoms with E-state index in [2.05, 4.69) is 31.2 Å². The van der Waals surface area contributed by atoms with Crippen molar-refractivity contribution >= 4 is 29.2 Å². The highest BCUT2D eigenvalue weighted by Crippen LogP contribution is 2.21. The molecule has 1 N–H and O–H groups in total. The molecule has 1 aromatic carbocycles. The van der Waals surface area contributed by atoms with Crippen LogP contribution in [0, 0.1) is 6.92 Å². The predicted octanol–water partition coefficient (Wildman–Crippen LogP) is 4.56. The van der Waals surface area contributed by atoms with Gasteiger partial charge in [-0.3, -0.25) is 9.48 Å². The number of aryl methyl sites for hydroxylation is 2. The fourth-order valence-electron chi connectivity index (χ4n) is 2.59. The van der Waals surface area contributed by atoms with Crippen LogP contribution in [0.2, 0.25) is 5.15 Å². The second-order valence-electron chi connectivity index (χ2n) is 6.73. The van der Waals surface area contributed by atoms with Crippen LogP contribution in [-0.4, -0.2) is 28.3 Å². The average Bonchev–Trinajstić information content (AvgIpc) is 2.92. The van der Waals surface area contributed by atoms with E-state index in [1.165, 1.54) is 5.56 Å². The standard InChI is InChI=1S/C20H26ClN3O3/c1-5-6-11-24-19(21)18(14(4)23-24)20(26)27-12-17(25)22-16-9-7-15(8-10-16)13(2)3/h7-10,13H,5-6,11-12H2,1-4H3,(H,22,25). The third-order valence-corrected chi connectivity index (χ3v) is 4.57. The number of amides is 1. The zero-order valence-corrected chi connectivity index (χ0v) is 17.0. The Morgan fingerprint density at radius 3 is 2.52 bits per heavy atom. The fraction of sp³-hybridized carbons (Fsp3) is 0.450. The summed E-state index contributed by atoms with van der Waals surface area (Å²) in [5.74, 6) is -0.639. The molecule has 0 saturated heterocycles. The summed E-state index contributed by atoms with van der Waals surface area (Å²) in [6, 6.07) is 7.57. The molecule has 0 saturated carbocycles. The number of carbonyl (C=O) groups excluding carboxylic acids is 2. The number of hydrogen-bond donors (Lipinski definition) is 1. The van der Waals surface area contributed by atoms with Gasteiger partial charge in [-0.05, 0) is 37.0 Å². The van der Waals surface area contributed by atoms with Crippen LogP contribution in [0.25, 0.3) is 0 Å². The van der Waals surface area contributed by atoms with Crippen molar-refractivity contribution in [2.24, 2.45) is 0 Å². The summed E-state index contributed by atoms with van der Waals surface area (Å²) in [5, 5.41) is 7.22. The summed E-state index contributed by atoms with van der Waals surface area (Å²) >= 11 is 6.24. The molecule has 1 heterocycles. The Bertz CT molecular complexity index is 798. The summed E-state index contributed by atoms with van der Waals surface area (Å²) in [6.07, 6.45) is 1.90. The highest BCUT2D eigenvalue weighted by Gasteiger charge is 2.22. The molecule has 1 amide bonds. The largest absolute Gasteiger partial charge is 0.452 e. The molecule has 0 aliphatic rings. The SMILES string of the molecule is CCCCn1nc(C)c(C(=O)OCC(=O)Nc2ccc(C(C)C)cc2)c1Cl. The molecule has 0 aliphatic heterocycles. The third kappa shape index (κ3) is 5.57. The number of hydrogen-bond acceptors (Lipinski definition) is 4. The van der Waals surface area contributed by atoms with Gasteiger partial charge < -0.3 is 10.1 Å². The molecule has 0 unspecified atom stereocenters. The van der Waals surface area contributed by atoms with Gasteiger partial charge in [0, 0.05) is 12.2 Å². The number of anilines is 1. The fourth-order valence-corrected chi connectivity index (χ4v) is 2.93. The summed E-state index contributed by atoms with van der Waals surface area (Å²) in [7, 11) is 0.